The van der Waals surface area contributed by atoms with E-state index in [0.29, 0.717) is 17.9 Å². The van der Waals surface area contributed by atoms with Crippen LogP contribution in [0.5, 0.6) is 0 Å². The topological polar surface area (TPSA) is 70.4 Å². The number of aryl methyl sites for hydroxylation is 1. The molecule has 0 spiro atoms. The second-order valence-electron chi connectivity index (χ2n) is 5.16. The first-order chi connectivity index (χ1) is 12.7. The van der Waals surface area contributed by atoms with Crippen molar-refractivity contribution < 1.29 is 32.2 Å². The van der Waals surface area contributed by atoms with Gasteiger partial charge >= 0.3 is 5.97 Å². The van der Waals surface area contributed by atoms with E-state index < -0.39 is 29.2 Å². The zero-order valence-corrected chi connectivity index (χ0v) is 14.5. The maximum atomic E-state index is 12.7. The quantitative estimate of drug-likeness (QED) is 0.202. The minimum absolute atomic E-state index is 0.0162. The second-order valence-corrected chi connectivity index (χ2v) is 5.16. The average molecular weight is 383 g/mol. The van der Waals surface area contributed by atoms with Crippen LogP contribution in [0.2, 0.25) is 0 Å². The van der Waals surface area contributed by atoms with E-state index in [1.807, 2.05) is 0 Å². The molecule has 0 heterocycles. The van der Waals surface area contributed by atoms with E-state index in [1.165, 1.54) is 31.2 Å². The van der Waals surface area contributed by atoms with Crippen molar-refractivity contribution in [2.45, 2.75) is 13.8 Å². The molecular formula is C19H17F4NO3. The Kier molecular flexibility index (Phi) is 8.19. The molecule has 144 valence electrons. The van der Waals surface area contributed by atoms with Gasteiger partial charge in [-0.25, -0.2) is 22.4 Å². The van der Waals surface area contributed by atoms with Crippen LogP contribution in [-0.2, 0) is 9.53 Å². The van der Waals surface area contributed by atoms with Gasteiger partial charge < -0.3 is 9.84 Å². The van der Waals surface area contributed by atoms with Crippen LogP contribution in [0.15, 0.2) is 48.2 Å². The highest BCUT2D eigenvalue weighted by atomic mass is 19.2. The lowest BCUT2D eigenvalue weighted by Crippen LogP contribution is -2.16. The van der Waals surface area contributed by atoms with Crippen molar-refractivity contribution in [3.05, 3.63) is 82.6 Å². The molecule has 0 aliphatic rings. The first-order valence-electron chi connectivity index (χ1n) is 7.68. The summed E-state index contributed by atoms with van der Waals surface area (Å²) in [7, 11) is 0. The summed E-state index contributed by atoms with van der Waals surface area (Å²) in [4.78, 5) is 11.4. The number of halogens is 4. The summed E-state index contributed by atoms with van der Waals surface area (Å²) < 4.78 is 54.2. The SMILES string of the molecule is CCOC(=O)C(=CO)C(=N)c1ccc(F)cc1.Cc1cc(F)cc(F)c1F. The lowest BCUT2D eigenvalue weighted by atomic mass is 10.0. The molecule has 2 aromatic carbocycles. The smallest absolute Gasteiger partial charge is 0.343 e. The van der Waals surface area contributed by atoms with E-state index in [1.54, 1.807) is 6.92 Å². The van der Waals surface area contributed by atoms with Crippen molar-refractivity contribution >= 4 is 11.7 Å². The first-order valence-corrected chi connectivity index (χ1v) is 7.68. The third-order valence-electron chi connectivity index (χ3n) is 3.20. The molecule has 8 heteroatoms. The van der Waals surface area contributed by atoms with Crippen molar-refractivity contribution in [1.29, 1.82) is 5.41 Å². The van der Waals surface area contributed by atoms with Gasteiger partial charge in [-0.15, -0.1) is 0 Å². The Morgan fingerprint density at radius 3 is 2.19 bits per heavy atom. The van der Waals surface area contributed by atoms with E-state index in [0.717, 1.165) is 6.07 Å². The summed E-state index contributed by atoms with van der Waals surface area (Å²) in [5.41, 5.74) is -0.179. The predicted octanol–water partition coefficient (Wildman–Crippen LogP) is 4.61. The summed E-state index contributed by atoms with van der Waals surface area (Å²) in [5, 5.41) is 16.6. The highest BCUT2D eigenvalue weighted by molar-refractivity contribution is 6.25. The number of hydrogen-bond acceptors (Lipinski definition) is 4. The van der Waals surface area contributed by atoms with Gasteiger partial charge in [-0.2, -0.15) is 0 Å². The average Bonchev–Trinajstić information content (AvgIpc) is 2.61. The molecule has 2 N–H and O–H groups in total. The van der Waals surface area contributed by atoms with Crippen LogP contribution in [0.4, 0.5) is 17.6 Å². The summed E-state index contributed by atoms with van der Waals surface area (Å²) in [5.74, 6) is -4.10. The number of benzene rings is 2. The van der Waals surface area contributed by atoms with Crippen LogP contribution in [0.25, 0.3) is 0 Å². The van der Waals surface area contributed by atoms with E-state index in [2.05, 4.69) is 4.74 Å². The molecular weight excluding hydrogens is 366 g/mol. The van der Waals surface area contributed by atoms with Gasteiger partial charge in [0.25, 0.3) is 0 Å². The minimum atomic E-state index is -1.14. The number of carbonyl (C=O) groups is 1. The van der Waals surface area contributed by atoms with Gasteiger partial charge in [0.05, 0.1) is 18.6 Å². The van der Waals surface area contributed by atoms with Crippen molar-refractivity contribution in [3.63, 3.8) is 0 Å². The molecule has 0 fully saturated rings. The minimum Gasteiger partial charge on any atom is -0.515 e. The lowest BCUT2D eigenvalue weighted by Gasteiger charge is -2.07. The van der Waals surface area contributed by atoms with Gasteiger partial charge in [0.2, 0.25) is 0 Å². The van der Waals surface area contributed by atoms with Crippen LogP contribution >= 0.6 is 0 Å². The van der Waals surface area contributed by atoms with Crippen molar-refractivity contribution in [3.8, 4) is 0 Å². The van der Waals surface area contributed by atoms with Gasteiger partial charge in [0, 0.05) is 11.6 Å². The molecule has 0 radical (unpaired) electrons. The van der Waals surface area contributed by atoms with Crippen LogP contribution < -0.4 is 0 Å². The summed E-state index contributed by atoms with van der Waals surface area (Å²) in [6.07, 6.45) is 0.518. The van der Waals surface area contributed by atoms with Crippen LogP contribution in [0, 0.1) is 35.6 Å². The normalized spacial score (nSPS) is 10.7. The third kappa shape index (κ3) is 6.25. The number of aliphatic hydroxyl groups is 1. The standard InChI is InChI=1S/C12H12FNO3.C7H5F3/c1-2-17-12(16)10(7-15)11(14)8-3-5-9(13)6-4-8;1-4-2-5(8)3-6(9)7(4)10/h3-7,14-15H,2H2,1H3;2-3H,1H3. The zero-order valence-electron chi connectivity index (χ0n) is 14.5. The molecule has 0 saturated carbocycles. The maximum Gasteiger partial charge on any atom is 0.343 e. The van der Waals surface area contributed by atoms with Crippen LogP contribution in [0.1, 0.15) is 18.1 Å². The zero-order chi connectivity index (χ0) is 20.6. The van der Waals surface area contributed by atoms with Gasteiger partial charge in [0.15, 0.2) is 11.6 Å². The molecule has 27 heavy (non-hydrogen) atoms. The van der Waals surface area contributed by atoms with Gasteiger partial charge in [-0.1, -0.05) is 0 Å². The third-order valence-corrected chi connectivity index (χ3v) is 3.20. The van der Waals surface area contributed by atoms with Crippen molar-refractivity contribution in [1.82, 2.24) is 0 Å². The number of carbonyl (C=O) groups excluding carboxylic acids is 1. The van der Waals surface area contributed by atoms with Crippen LogP contribution in [0.3, 0.4) is 0 Å². The van der Waals surface area contributed by atoms with Crippen molar-refractivity contribution in [2.24, 2.45) is 0 Å². The Balaban J connectivity index is 0.000000309. The van der Waals surface area contributed by atoms with E-state index in [-0.39, 0.29) is 23.5 Å². The van der Waals surface area contributed by atoms with E-state index >= 15 is 0 Å². The maximum absolute atomic E-state index is 12.7. The predicted molar refractivity (Wildman–Crippen MR) is 91.6 cm³/mol. The molecule has 0 atom stereocenters. The molecule has 0 aromatic heterocycles. The Bertz CT molecular complexity index is 826. The number of hydrogen-bond donors (Lipinski definition) is 2. The van der Waals surface area contributed by atoms with Gasteiger partial charge in [0.1, 0.15) is 17.2 Å². The molecule has 0 saturated heterocycles. The summed E-state index contributed by atoms with van der Waals surface area (Å²) in [6.45, 7) is 3.07. The fourth-order valence-corrected chi connectivity index (χ4v) is 1.88. The number of aliphatic hydroxyl groups excluding tert-OH is 1. The van der Waals surface area contributed by atoms with Crippen molar-refractivity contribution in [2.75, 3.05) is 6.61 Å². The fourth-order valence-electron chi connectivity index (χ4n) is 1.88. The monoisotopic (exact) mass is 383 g/mol. The molecule has 4 nitrogen and oxygen atoms in total. The summed E-state index contributed by atoms with van der Waals surface area (Å²) in [6, 6.07) is 6.50. The highest BCUT2D eigenvalue weighted by Crippen LogP contribution is 2.12. The molecule has 0 aliphatic heterocycles. The molecule has 0 unspecified atom stereocenters. The number of ether oxygens (including phenoxy) is 1. The van der Waals surface area contributed by atoms with Gasteiger partial charge in [-0.05, 0) is 49.7 Å². The number of esters is 1. The Morgan fingerprint density at radius 2 is 1.70 bits per heavy atom. The van der Waals surface area contributed by atoms with Crippen LogP contribution in [-0.4, -0.2) is 23.4 Å². The number of nitrogens with one attached hydrogen (secondary N) is 1. The Morgan fingerprint density at radius 1 is 1.11 bits per heavy atom. The summed E-state index contributed by atoms with van der Waals surface area (Å²) >= 11 is 0. The highest BCUT2D eigenvalue weighted by Gasteiger charge is 2.17. The fraction of sp³-hybridized carbons (Fsp3) is 0.158. The largest absolute Gasteiger partial charge is 0.515 e. The first kappa shape index (κ1) is 21.9. The van der Waals surface area contributed by atoms with E-state index in [9.17, 15) is 22.4 Å². The molecule has 2 rings (SSSR count). The molecule has 0 aliphatic carbocycles. The van der Waals surface area contributed by atoms with E-state index in [4.69, 9.17) is 10.5 Å². The molecule has 0 amide bonds. The lowest BCUT2D eigenvalue weighted by molar-refractivity contribution is -0.137. The Hall–Kier alpha value is -3.16. The molecule has 2 aromatic rings. The second kappa shape index (κ2) is 10.1. The van der Waals surface area contributed by atoms with Gasteiger partial charge in [-0.3, -0.25) is 5.41 Å². The Labute approximate surface area is 153 Å². The number of rotatable bonds is 4. The molecule has 0 bridgehead atoms.